The molecule has 8 nitrogen and oxygen atoms in total. The number of likely N-dealkylation sites (N-methyl/N-ethyl adjacent to an activating group) is 1. The molecule has 0 unspecified atom stereocenters. The minimum atomic E-state index is -0.880. The molecular weight excluding hydrogens is 388 g/mol. The predicted molar refractivity (Wildman–Crippen MR) is 112 cm³/mol. The molecule has 1 aliphatic carbocycles. The topological polar surface area (TPSA) is 94.2 Å². The van der Waals surface area contributed by atoms with Crippen LogP contribution in [-0.2, 0) is 14.3 Å². The van der Waals surface area contributed by atoms with Crippen molar-refractivity contribution >= 4 is 17.8 Å². The van der Waals surface area contributed by atoms with Gasteiger partial charge in [0.1, 0.15) is 5.54 Å². The second-order valence-electron chi connectivity index (χ2n) is 7.30. The van der Waals surface area contributed by atoms with Gasteiger partial charge in [-0.15, -0.1) is 0 Å². The molecular formula is C22H32N2O6. The third kappa shape index (κ3) is 5.43. The first-order valence-electron chi connectivity index (χ1n) is 10.4. The lowest BCUT2D eigenvalue weighted by Gasteiger charge is -2.40. The van der Waals surface area contributed by atoms with Gasteiger partial charge >= 0.3 is 5.97 Å². The lowest BCUT2D eigenvalue weighted by Crippen LogP contribution is -2.60. The van der Waals surface area contributed by atoms with Crippen molar-refractivity contribution in [1.29, 1.82) is 0 Å². The van der Waals surface area contributed by atoms with Crippen LogP contribution in [0.15, 0.2) is 18.2 Å². The van der Waals surface area contributed by atoms with Crippen LogP contribution in [-0.4, -0.2) is 62.1 Å². The highest BCUT2D eigenvalue weighted by Gasteiger charge is 2.42. The summed E-state index contributed by atoms with van der Waals surface area (Å²) < 4.78 is 15.3. The van der Waals surface area contributed by atoms with Crippen molar-refractivity contribution in [2.75, 3.05) is 33.9 Å². The van der Waals surface area contributed by atoms with Gasteiger partial charge < -0.3 is 24.4 Å². The van der Waals surface area contributed by atoms with E-state index in [0.717, 1.165) is 19.3 Å². The van der Waals surface area contributed by atoms with Gasteiger partial charge in [0.25, 0.3) is 5.91 Å². The Kier molecular flexibility index (Phi) is 8.50. The number of hydrogen-bond acceptors (Lipinski definition) is 6. The summed E-state index contributed by atoms with van der Waals surface area (Å²) in [6, 6.07) is 4.69. The number of esters is 1. The Labute approximate surface area is 177 Å². The fourth-order valence-corrected chi connectivity index (χ4v) is 3.77. The van der Waals surface area contributed by atoms with E-state index in [2.05, 4.69) is 10.1 Å². The van der Waals surface area contributed by atoms with Crippen molar-refractivity contribution in [2.24, 2.45) is 0 Å². The number of benzene rings is 1. The summed E-state index contributed by atoms with van der Waals surface area (Å²) in [4.78, 5) is 39.4. The van der Waals surface area contributed by atoms with Crippen molar-refractivity contribution in [3.05, 3.63) is 23.8 Å². The van der Waals surface area contributed by atoms with E-state index in [0.29, 0.717) is 43.0 Å². The number of nitrogens with one attached hydrogen (secondary N) is 1. The third-order valence-electron chi connectivity index (χ3n) is 5.52. The monoisotopic (exact) mass is 420 g/mol. The Bertz CT molecular complexity index is 754. The van der Waals surface area contributed by atoms with Gasteiger partial charge in [0.05, 0.1) is 14.2 Å². The van der Waals surface area contributed by atoms with Gasteiger partial charge in [-0.3, -0.25) is 9.59 Å². The standard InChI is InChI=1S/C22H32N2O6/c1-5-24(6-2)21(27)22(12-8-7-9-13-22)23-20(26)16-10-11-17(18(14-16)28-3)30-15-19(25)29-4/h10-11,14H,5-9,12-13,15H2,1-4H3,(H,23,26). The minimum Gasteiger partial charge on any atom is -0.493 e. The lowest BCUT2D eigenvalue weighted by atomic mass is 9.80. The third-order valence-corrected chi connectivity index (χ3v) is 5.52. The number of hydrogen-bond donors (Lipinski definition) is 1. The average Bonchev–Trinajstić information content (AvgIpc) is 2.78. The molecule has 1 aromatic carbocycles. The second kappa shape index (κ2) is 10.8. The SMILES string of the molecule is CCN(CC)C(=O)C1(NC(=O)c2ccc(OCC(=O)OC)c(OC)c2)CCCCC1. The molecule has 0 spiro atoms. The maximum Gasteiger partial charge on any atom is 0.343 e. The zero-order valence-electron chi connectivity index (χ0n) is 18.3. The molecule has 166 valence electrons. The maximum absolute atomic E-state index is 13.2. The molecule has 0 saturated heterocycles. The number of rotatable bonds is 9. The van der Waals surface area contributed by atoms with E-state index < -0.39 is 11.5 Å². The van der Waals surface area contributed by atoms with E-state index in [9.17, 15) is 14.4 Å². The van der Waals surface area contributed by atoms with Gasteiger partial charge in [0.2, 0.25) is 5.91 Å². The molecule has 1 saturated carbocycles. The first-order valence-corrected chi connectivity index (χ1v) is 10.4. The molecule has 0 aliphatic heterocycles. The molecule has 0 aromatic heterocycles. The number of methoxy groups -OCH3 is 2. The molecule has 1 N–H and O–H groups in total. The van der Waals surface area contributed by atoms with Crippen LogP contribution < -0.4 is 14.8 Å². The van der Waals surface area contributed by atoms with E-state index in [4.69, 9.17) is 9.47 Å². The fourth-order valence-electron chi connectivity index (χ4n) is 3.77. The smallest absolute Gasteiger partial charge is 0.343 e. The van der Waals surface area contributed by atoms with E-state index in [1.165, 1.54) is 14.2 Å². The van der Waals surface area contributed by atoms with E-state index in [1.54, 1.807) is 23.1 Å². The molecule has 0 heterocycles. The molecule has 2 rings (SSSR count). The first kappa shape index (κ1) is 23.5. The molecule has 8 heteroatoms. The van der Waals surface area contributed by atoms with E-state index >= 15 is 0 Å². The zero-order chi connectivity index (χ0) is 22.1. The van der Waals surface area contributed by atoms with Crippen LogP contribution in [0.2, 0.25) is 0 Å². The highest BCUT2D eigenvalue weighted by atomic mass is 16.6. The van der Waals surface area contributed by atoms with Gasteiger partial charge in [-0.2, -0.15) is 0 Å². The van der Waals surface area contributed by atoms with Gasteiger partial charge in [-0.1, -0.05) is 19.3 Å². The molecule has 30 heavy (non-hydrogen) atoms. The van der Waals surface area contributed by atoms with Crippen molar-refractivity contribution in [3.63, 3.8) is 0 Å². The van der Waals surface area contributed by atoms with Crippen LogP contribution in [0.4, 0.5) is 0 Å². The summed E-state index contributed by atoms with van der Waals surface area (Å²) in [5.41, 5.74) is -0.524. The normalized spacial score (nSPS) is 15.1. The largest absolute Gasteiger partial charge is 0.493 e. The Morgan fingerprint density at radius 2 is 1.70 bits per heavy atom. The van der Waals surface area contributed by atoms with Crippen LogP contribution in [0.5, 0.6) is 11.5 Å². The summed E-state index contributed by atoms with van der Waals surface area (Å²) in [5, 5.41) is 3.03. The number of amides is 2. The molecule has 0 atom stereocenters. The molecule has 1 aliphatic rings. The molecule has 1 fully saturated rings. The molecule has 0 bridgehead atoms. The van der Waals surface area contributed by atoms with Crippen molar-refractivity contribution < 1.29 is 28.6 Å². The van der Waals surface area contributed by atoms with Crippen LogP contribution >= 0.6 is 0 Å². The number of carbonyl (C=O) groups excluding carboxylic acids is 3. The van der Waals surface area contributed by atoms with Crippen molar-refractivity contribution in [3.8, 4) is 11.5 Å². The number of nitrogens with zero attached hydrogens (tertiary/aromatic N) is 1. The summed E-state index contributed by atoms with van der Waals surface area (Å²) in [5.74, 6) is -0.237. The lowest BCUT2D eigenvalue weighted by molar-refractivity contribution is -0.143. The fraction of sp³-hybridized carbons (Fsp3) is 0.591. The van der Waals surface area contributed by atoms with Crippen LogP contribution in [0, 0.1) is 0 Å². The summed E-state index contributed by atoms with van der Waals surface area (Å²) in [6.07, 6.45) is 4.12. The molecule has 2 amide bonds. The maximum atomic E-state index is 13.2. The minimum absolute atomic E-state index is 0.0226. The second-order valence-corrected chi connectivity index (χ2v) is 7.30. The highest BCUT2D eigenvalue weighted by Crippen LogP contribution is 2.32. The number of carbonyl (C=O) groups is 3. The van der Waals surface area contributed by atoms with Gasteiger partial charge in [-0.25, -0.2) is 4.79 Å². The van der Waals surface area contributed by atoms with E-state index in [-0.39, 0.29) is 18.4 Å². The summed E-state index contributed by atoms with van der Waals surface area (Å²) >= 11 is 0. The van der Waals surface area contributed by atoms with Gasteiger partial charge in [0, 0.05) is 18.7 Å². The van der Waals surface area contributed by atoms with Crippen molar-refractivity contribution in [1.82, 2.24) is 10.2 Å². The highest BCUT2D eigenvalue weighted by molar-refractivity contribution is 5.99. The Hall–Kier alpha value is -2.77. The molecule has 0 radical (unpaired) electrons. The van der Waals surface area contributed by atoms with E-state index in [1.807, 2.05) is 13.8 Å². The molecule has 1 aromatic rings. The average molecular weight is 421 g/mol. The van der Waals surface area contributed by atoms with Crippen LogP contribution in [0.1, 0.15) is 56.3 Å². The first-order chi connectivity index (χ1) is 14.4. The summed E-state index contributed by atoms with van der Waals surface area (Å²) in [6.45, 7) is 4.83. The quantitative estimate of drug-likeness (QED) is 0.617. The Balaban J connectivity index is 2.22. The Morgan fingerprint density at radius 3 is 2.27 bits per heavy atom. The predicted octanol–water partition coefficient (Wildman–Crippen LogP) is 2.55. The van der Waals surface area contributed by atoms with Crippen LogP contribution in [0.3, 0.4) is 0 Å². The summed E-state index contributed by atoms with van der Waals surface area (Å²) in [7, 11) is 2.73. The van der Waals surface area contributed by atoms with Crippen molar-refractivity contribution in [2.45, 2.75) is 51.5 Å². The van der Waals surface area contributed by atoms with Gasteiger partial charge in [-0.05, 0) is 44.9 Å². The van der Waals surface area contributed by atoms with Gasteiger partial charge in [0.15, 0.2) is 18.1 Å². The number of ether oxygens (including phenoxy) is 3. The zero-order valence-corrected chi connectivity index (χ0v) is 18.3. The Morgan fingerprint density at radius 1 is 1.03 bits per heavy atom. The van der Waals surface area contributed by atoms with Crippen LogP contribution in [0.25, 0.3) is 0 Å².